The number of sulfonamides is 1. The van der Waals surface area contributed by atoms with Gasteiger partial charge < -0.3 is 9.32 Å². The van der Waals surface area contributed by atoms with Crippen LogP contribution in [0.15, 0.2) is 45.9 Å². The maximum Gasteiger partial charge on any atom is 0.292 e. The molecule has 1 saturated heterocycles. The zero-order valence-electron chi connectivity index (χ0n) is 15.2. The highest BCUT2D eigenvalue weighted by Gasteiger charge is 2.25. The fourth-order valence-electron chi connectivity index (χ4n) is 3.02. The van der Waals surface area contributed by atoms with E-state index in [0.29, 0.717) is 44.2 Å². The van der Waals surface area contributed by atoms with Gasteiger partial charge in [0.25, 0.3) is 15.7 Å². The van der Waals surface area contributed by atoms with E-state index >= 15 is 0 Å². The van der Waals surface area contributed by atoms with Crippen LogP contribution in [0.3, 0.4) is 0 Å². The second kappa shape index (κ2) is 7.67. The van der Waals surface area contributed by atoms with Crippen LogP contribution in [0, 0.1) is 10.1 Å². The van der Waals surface area contributed by atoms with E-state index in [4.69, 9.17) is 4.42 Å². The lowest BCUT2D eigenvalue weighted by Gasteiger charge is -2.35. The molecule has 146 valence electrons. The lowest BCUT2D eigenvalue weighted by atomic mass is 10.2. The molecule has 1 aromatic heterocycles. The Bertz CT molecular complexity index is 917. The Kier molecular flexibility index (Phi) is 5.49. The lowest BCUT2D eigenvalue weighted by Crippen LogP contribution is -2.46. The summed E-state index contributed by atoms with van der Waals surface area (Å²) < 4.78 is 30.8. The normalized spacial score (nSPS) is 16.0. The summed E-state index contributed by atoms with van der Waals surface area (Å²) in [4.78, 5) is 15.0. The van der Waals surface area contributed by atoms with Gasteiger partial charge in [-0.05, 0) is 18.2 Å². The van der Waals surface area contributed by atoms with E-state index in [-0.39, 0.29) is 15.7 Å². The number of benzene rings is 1. The Morgan fingerprint density at radius 3 is 2.41 bits per heavy atom. The van der Waals surface area contributed by atoms with E-state index in [0.717, 1.165) is 4.31 Å². The van der Waals surface area contributed by atoms with Crippen molar-refractivity contribution in [2.75, 3.05) is 45.2 Å². The minimum absolute atomic E-state index is 0.0685. The van der Waals surface area contributed by atoms with E-state index < -0.39 is 10.0 Å². The summed E-state index contributed by atoms with van der Waals surface area (Å²) >= 11 is 0. The molecule has 0 saturated carbocycles. The standard InChI is InChI=1S/C17H22N4O5S/c1-18(2)27(24,25)17-8-7-14(26-17)13-19-9-11-20(12-10-19)15-5-3-4-6-16(15)21(22)23/h3-8H,9-13H2,1-2H3. The van der Waals surface area contributed by atoms with Gasteiger partial charge in [0, 0.05) is 46.3 Å². The molecule has 0 N–H and O–H groups in total. The summed E-state index contributed by atoms with van der Waals surface area (Å²) in [5.74, 6) is 0.578. The summed E-state index contributed by atoms with van der Waals surface area (Å²) in [6.07, 6.45) is 0. The molecule has 0 spiro atoms. The summed E-state index contributed by atoms with van der Waals surface area (Å²) in [6, 6.07) is 9.87. The quantitative estimate of drug-likeness (QED) is 0.544. The van der Waals surface area contributed by atoms with Gasteiger partial charge in [0.1, 0.15) is 11.4 Å². The zero-order chi connectivity index (χ0) is 19.6. The SMILES string of the molecule is CN(C)S(=O)(=O)c1ccc(CN2CCN(c3ccccc3[N+](=O)[O-])CC2)o1. The molecule has 1 aliphatic heterocycles. The van der Waals surface area contributed by atoms with Gasteiger partial charge in [0.2, 0.25) is 5.09 Å². The first-order chi connectivity index (χ1) is 12.8. The smallest absolute Gasteiger partial charge is 0.292 e. The molecule has 2 heterocycles. The molecule has 1 aromatic carbocycles. The highest BCUT2D eigenvalue weighted by molar-refractivity contribution is 7.88. The van der Waals surface area contributed by atoms with Gasteiger partial charge in [-0.3, -0.25) is 15.0 Å². The highest BCUT2D eigenvalue weighted by Crippen LogP contribution is 2.28. The Morgan fingerprint density at radius 1 is 1.11 bits per heavy atom. The van der Waals surface area contributed by atoms with Crippen molar-refractivity contribution in [3.63, 3.8) is 0 Å². The first-order valence-electron chi connectivity index (χ1n) is 8.51. The molecule has 1 aliphatic rings. The number of piperazine rings is 1. The number of para-hydroxylation sites is 2. The van der Waals surface area contributed by atoms with E-state index in [1.54, 1.807) is 24.3 Å². The van der Waals surface area contributed by atoms with Crippen molar-refractivity contribution in [2.24, 2.45) is 0 Å². The predicted molar refractivity (Wildman–Crippen MR) is 100 cm³/mol. The molecule has 0 radical (unpaired) electrons. The van der Waals surface area contributed by atoms with Crippen molar-refractivity contribution in [3.05, 3.63) is 52.3 Å². The Morgan fingerprint density at radius 2 is 1.78 bits per heavy atom. The third-order valence-corrected chi connectivity index (χ3v) is 6.23. The third-order valence-electron chi connectivity index (χ3n) is 4.54. The van der Waals surface area contributed by atoms with Gasteiger partial charge in [-0.25, -0.2) is 12.7 Å². The molecule has 10 heteroatoms. The average molecular weight is 394 g/mol. The van der Waals surface area contributed by atoms with Gasteiger partial charge in [0.05, 0.1) is 11.5 Å². The number of nitro groups is 1. The number of nitrogens with zero attached hydrogens (tertiary/aromatic N) is 4. The largest absolute Gasteiger partial charge is 0.447 e. The Hall–Kier alpha value is -2.43. The first-order valence-corrected chi connectivity index (χ1v) is 9.95. The molecule has 9 nitrogen and oxygen atoms in total. The second-order valence-corrected chi connectivity index (χ2v) is 8.60. The number of furan rings is 1. The van der Waals surface area contributed by atoms with Crippen LogP contribution in [0.4, 0.5) is 11.4 Å². The van der Waals surface area contributed by atoms with Crippen LogP contribution >= 0.6 is 0 Å². The van der Waals surface area contributed by atoms with Crippen LogP contribution in [0.25, 0.3) is 0 Å². The first kappa shape index (κ1) is 19.3. The van der Waals surface area contributed by atoms with Crippen molar-refractivity contribution in [1.82, 2.24) is 9.21 Å². The van der Waals surface area contributed by atoms with E-state index in [2.05, 4.69) is 4.90 Å². The molecular formula is C17H22N4O5S. The van der Waals surface area contributed by atoms with Crippen molar-refractivity contribution in [3.8, 4) is 0 Å². The summed E-state index contributed by atoms with van der Waals surface area (Å²) in [5, 5.41) is 11.1. The van der Waals surface area contributed by atoms with Crippen LogP contribution in [0.2, 0.25) is 0 Å². The predicted octanol–water partition coefficient (Wildman–Crippen LogP) is 1.76. The van der Waals surface area contributed by atoms with Crippen LogP contribution in [-0.2, 0) is 16.6 Å². The topological polar surface area (TPSA) is 100 Å². The van der Waals surface area contributed by atoms with E-state index in [1.807, 2.05) is 4.90 Å². The minimum atomic E-state index is -3.58. The number of anilines is 1. The van der Waals surface area contributed by atoms with E-state index in [9.17, 15) is 18.5 Å². The zero-order valence-corrected chi connectivity index (χ0v) is 16.1. The maximum atomic E-state index is 12.1. The molecule has 0 amide bonds. The summed E-state index contributed by atoms with van der Waals surface area (Å²) in [7, 11) is -0.663. The van der Waals surface area contributed by atoms with E-state index in [1.165, 1.54) is 26.2 Å². The molecular weight excluding hydrogens is 372 g/mol. The number of nitro benzene ring substituents is 1. The monoisotopic (exact) mass is 394 g/mol. The third kappa shape index (κ3) is 4.12. The van der Waals surface area contributed by atoms with Crippen LogP contribution in [0.1, 0.15) is 5.76 Å². The maximum absolute atomic E-state index is 12.1. The molecule has 1 fully saturated rings. The van der Waals surface area contributed by atoms with Crippen molar-refractivity contribution >= 4 is 21.4 Å². The summed E-state index contributed by atoms with van der Waals surface area (Å²) in [5.41, 5.74) is 0.732. The van der Waals surface area contributed by atoms with Crippen molar-refractivity contribution in [1.29, 1.82) is 0 Å². The highest BCUT2D eigenvalue weighted by atomic mass is 32.2. The minimum Gasteiger partial charge on any atom is -0.447 e. The molecule has 0 aliphatic carbocycles. The summed E-state index contributed by atoms with van der Waals surface area (Å²) in [6.45, 7) is 3.18. The second-order valence-electron chi connectivity index (χ2n) is 6.52. The van der Waals surface area contributed by atoms with Gasteiger partial charge >= 0.3 is 0 Å². The lowest BCUT2D eigenvalue weighted by molar-refractivity contribution is -0.384. The van der Waals surface area contributed by atoms with Crippen molar-refractivity contribution < 1.29 is 17.8 Å². The van der Waals surface area contributed by atoms with Crippen LogP contribution in [0.5, 0.6) is 0 Å². The van der Waals surface area contributed by atoms with Crippen molar-refractivity contribution in [2.45, 2.75) is 11.6 Å². The van der Waals surface area contributed by atoms with Crippen LogP contribution in [-0.4, -0.2) is 62.8 Å². The molecule has 0 unspecified atom stereocenters. The molecule has 2 aromatic rings. The Labute approximate surface area is 158 Å². The average Bonchev–Trinajstić information content (AvgIpc) is 3.11. The van der Waals surface area contributed by atoms with Gasteiger partial charge in [-0.15, -0.1) is 0 Å². The molecule has 0 atom stereocenters. The molecule has 27 heavy (non-hydrogen) atoms. The van der Waals surface area contributed by atoms with Gasteiger partial charge in [0.15, 0.2) is 0 Å². The number of hydrogen-bond donors (Lipinski definition) is 0. The molecule has 3 rings (SSSR count). The fourth-order valence-corrected chi connectivity index (χ4v) is 3.83. The van der Waals surface area contributed by atoms with Gasteiger partial charge in [-0.2, -0.15) is 0 Å². The molecule has 0 bridgehead atoms. The number of rotatable bonds is 6. The van der Waals surface area contributed by atoms with Gasteiger partial charge in [-0.1, -0.05) is 12.1 Å². The fraction of sp³-hybridized carbons (Fsp3) is 0.412. The van der Waals surface area contributed by atoms with Crippen LogP contribution < -0.4 is 4.90 Å². The Balaban J connectivity index is 1.63. The number of hydrogen-bond acceptors (Lipinski definition) is 7.